The van der Waals surface area contributed by atoms with Crippen LogP contribution in [0, 0.1) is 5.82 Å². The molecule has 0 atom stereocenters. The maximum absolute atomic E-state index is 13.4. The zero-order valence-electron chi connectivity index (χ0n) is 8.30. The first-order valence-corrected chi connectivity index (χ1v) is 4.97. The van der Waals surface area contributed by atoms with Gasteiger partial charge < -0.3 is 10.5 Å². The number of halogens is 1. The largest absolute Gasteiger partial charge is 0.472 e. The van der Waals surface area contributed by atoms with Crippen molar-refractivity contribution in [1.82, 2.24) is 9.19 Å². The fourth-order valence-electron chi connectivity index (χ4n) is 1.25. The van der Waals surface area contributed by atoms with Gasteiger partial charge in [-0.1, -0.05) is 6.07 Å². The number of anilines is 1. The molecule has 2 rings (SSSR count). The van der Waals surface area contributed by atoms with E-state index in [1.807, 2.05) is 0 Å². The van der Waals surface area contributed by atoms with Gasteiger partial charge in [-0.2, -0.15) is 0 Å². The predicted octanol–water partition coefficient (Wildman–Crippen LogP) is 1.88. The molecule has 0 saturated heterocycles. The van der Waals surface area contributed by atoms with E-state index in [9.17, 15) is 4.39 Å². The summed E-state index contributed by atoms with van der Waals surface area (Å²) in [6.45, 7) is 0.0449. The molecular formula is C10H10FN3OS. The van der Waals surface area contributed by atoms with Gasteiger partial charge in [0.2, 0.25) is 5.88 Å². The molecule has 0 radical (unpaired) electrons. The van der Waals surface area contributed by atoms with E-state index in [1.165, 1.54) is 10.2 Å². The summed E-state index contributed by atoms with van der Waals surface area (Å²) in [7, 11) is 0. The van der Waals surface area contributed by atoms with Crippen LogP contribution < -0.4 is 10.5 Å². The smallest absolute Gasteiger partial charge is 0.234 e. The lowest BCUT2D eigenvalue weighted by Crippen LogP contribution is -2.03. The van der Waals surface area contributed by atoms with E-state index in [4.69, 9.17) is 10.5 Å². The van der Waals surface area contributed by atoms with Crippen molar-refractivity contribution in [2.45, 2.75) is 6.61 Å². The van der Waals surface area contributed by atoms with E-state index in [0.29, 0.717) is 17.1 Å². The molecule has 0 aliphatic rings. The van der Waals surface area contributed by atoms with Crippen LogP contribution in [0.1, 0.15) is 5.56 Å². The summed E-state index contributed by atoms with van der Waals surface area (Å²) < 4.78 is 19.9. The molecule has 2 aromatic rings. The summed E-state index contributed by atoms with van der Waals surface area (Å²) in [5, 5.41) is 3.88. The van der Waals surface area contributed by atoms with Crippen LogP contribution in [0.4, 0.5) is 10.1 Å². The van der Waals surface area contributed by atoms with Crippen LogP contribution in [0.2, 0.25) is 0 Å². The molecule has 1 aromatic heterocycles. The summed E-state index contributed by atoms with van der Waals surface area (Å²) in [6, 6.07) is 6.14. The zero-order chi connectivity index (χ0) is 11.5. The van der Waals surface area contributed by atoms with Crippen molar-refractivity contribution in [1.29, 1.82) is 0 Å². The van der Waals surface area contributed by atoms with E-state index in [1.54, 1.807) is 24.4 Å². The van der Waals surface area contributed by atoms with Crippen molar-refractivity contribution >= 4 is 18.5 Å². The average Bonchev–Trinajstić information content (AvgIpc) is 2.63. The minimum atomic E-state index is -0.384. The van der Waals surface area contributed by atoms with Gasteiger partial charge in [0.05, 0.1) is 0 Å². The standard InChI is InChI=1S/C10H10FN3OS/c11-8-2-1-3-9(12)7(8)6-15-10-4-5-14(16)13-10/h1-5,16H,6,12H2. The third kappa shape index (κ3) is 2.27. The lowest BCUT2D eigenvalue weighted by atomic mass is 10.2. The third-order valence-corrected chi connectivity index (χ3v) is 2.29. The number of benzene rings is 1. The summed E-state index contributed by atoms with van der Waals surface area (Å²) in [5.74, 6) is -0.0111. The monoisotopic (exact) mass is 239 g/mol. The van der Waals surface area contributed by atoms with E-state index in [0.717, 1.165) is 0 Å². The fourth-order valence-corrected chi connectivity index (χ4v) is 1.40. The number of nitrogen functional groups attached to an aromatic ring is 1. The molecule has 0 spiro atoms. The second kappa shape index (κ2) is 4.44. The first-order valence-electron chi connectivity index (χ1n) is 4.57. The van der Waals surface area contributed by atoms with E-state index < -0.39 is 0 Å². The summed E-state index contributed by atoms with van der Waals surface area (Å²) >= 11 is 3.95. The molecule has 0 fully saturated rings. The van der Waals surface area contributed by atoms with Gasteiger partial charge in [0.15, 0.2) is 0 Å². The van der Waals surface area contributed by atoms with E-state index in [-0.39, 0.29) is 12.4 Å². The van der Waals surface area contributed by atoms with Crippen LogP contribution in [0.5, 0.6) is 5.88 Å². The third-order valence-electron chi connectivity index (χ3n) is 2.07. The molecule has 0 saturated carbocycles. The molecule has 0 amide bonds. The Balaban J connectivity index is 2.10. The lowest BCUT2D eigenvalue weighted by Gasteiger charge is -2.06. The maximum Gasteiger partial charge on any atom is 0.234 e. The highest BCUT2D eigenvalue weighted by molar-refractivity contribution is 7.78. The summed E-state index contributed by atoms with van der Waals surface area (Å²) in [4.78, 5) is 0. The highest BCUT2D eigenvalue weighted by atomic mass is 32.1. The second-order valence-corrected chi connectivity index (χ2v) is 3.58. The Hall–Kier alpha value is -1.69. The van der Waals surface area contributed by atoms with Crippen LogP contribution in [0.3, 0.4) is 0 Å². The Kier molecular flexibility index (Phi) is 3.00. The van der Waals surface area contributed by atoms with Crippen LogP contribution in [0.15, 0.2) is 30.5 Å². The maximum atomic E-state index is 13.4. The van der Waals surface area contributed by atoms with Gasteiger partial charge in [-0.15, -0.1) is 5.10 Å². The van der Waals surface area contributed by atoms with Crippen molar-refractivity contribution in [3.05, 3.63) is 41.8 Å². The normalized spacial score (nSPS) is 10.4. The minimum Gasteiger partial charge on any atom is -0.472 e. The Morgan fingerprint density at radius 3 is 2.88 bits per heavy atom. The Morgan fingerprint density at radius 2 is 2.25 bits per heavy atom. The van der Waals surface area contributed by atoms with Crippen molar-refractivity contribution in [2.75, 3.05) is 5.73 Å². The summed E-state index contributed by atoms with van der Waals surface area (Å²) in [5.41, 5.74) is 6.33. The van der Waals surface area contributed by atoms with E-state index in [2.05, 4.69) is 17.9 Å². The van der Waals surface area contributed by atoms with Gasteiger partial charge in [0.1, 0.15) is 12.4 Å². The van der Waals surface area contributed by atoms with Crippen LogP contribution in [-0.4, -0.2) is 9.19 Å². The fraction of sp³-hybridized carbons (Fsp3) is 0.100. The number of rotatable bonds is 3. The number of ether oxygens (including phenoxy) is 1. The SMILES string of the molecule is Nc1cccc(F)c1COc1ccn(S)n1. The van der Waals surface area contributed by atoms with Gasteiger partial charge in [0.25, 0.3) is 0 Å². The molecule has 84 valence electrons. The number of aromatic nitrogens is 2. The van der Waals surface area contributed by atoms with Crippen LogP contribution >= 0.6 is 12.8 Å². The molecule has 0 bridgehead atoms. The minimum absolute atomic E-state index is 0.0449. The van der Waals surface area contributed by atoms with Gasteiger partial charge in [0, 0.05) is 23.5 Å². The number of nitrogens with zero attached hydrogens (tertiary/aromatic N) is 2. The zero-order valence-corrected chi connectivity index (χ0v) is 9.19. The molecule has 6 heteroatoms. The molecule has 1 aromatic carbocycles. The quantitative estimate of drug-likeness (QED) is 0.635. The second-order valence-electron chi connectivity index (χ2n) is 3.17. The topological polar surface area (TPSA) is 53.1 Å². The molecule has 2 N–H and O–H groups in total. The van der Waals surface area contributed by atoms with Gasteiger partial charge >= 0.3 is 0 Å². The van der Waals surface area contributed by atoms with Gasteiger partial charge in [-0.25, -0.2) is 8.48 Å². The Bertz CT molecular complexity index is 480. The number of hydrogen-bond donors (Lipinski definition) is 2. The molecule has 1 heterocycles. The van der Waals surface area contributed by atoms with Crippen molar-refractivity contribution in [3.63, 3.8) is 0 Å². The highest BCUT2D eigenvalue weighted by Crippen LogP contribution is 2.18. The average molecular weight is 239 g/mol. The van der Waals surface area contributed by atoms with Crippen molar-refractivity contribution in [2.24, 2.45) is 0 Å². The van der Waals surface area contributed by atoms with Crippen molar-refractivity contribution in [3.8, 4) is 5.88 Å². The molecule has 0 aliphatic carbocycles. The molecular weight excluding hydrogens is 229 g/mol. The van der Waals surface area contributed by atoms with E-state index >= 15 is 0 Å². The first kappa shape index (κ1) is 10.8. The molecule has 4 nitrogen and oxygen atoms in total. The first-order chi connectivity index (χ1) is 7.66. The number of thiol groups is 1. The van der Waals surface area contributed by atoms with Crippen molar-refractivity contribution < 1.29 is 9.13 Å². The van der Waals surface area contributed by atoms with Crippen LogP contribution in [0.25, 0.3) is 0 Å². The van der Waals surface area contributed by atoms with Gasteiger partial charge in [-0.05, 0) is 24.9 Å². The number of nitrogens with two attached hydrogens (primary N) is 1. The lowest BCUT2D eigenvalue weighted by molar-refractivity contribution is 0.288. The molecule has 0 unspecified atom stereocenters. The number of hydrogen-bond acceptors (Lipinski definition) is 4. The molecule has 16 heavy (non-hydrogen) atoms. The van der Waals surface area contributed by atoms with Gasteiger partial charge in [-0.3, -0.25) is 0 Å². The van der Waals surface area contributed by atoms with Crippen LogP contribution in [-0.2, 0) is 6.61 Å². The predicted molar refractivity (Wildman–Crippen MR) is 61.8 cm³/mol. The summed E-state index contributed by atoms with van der Waals surface area (Å²) in [6.07, 6.45) is 1.61. The highest BCUT2D eigenvalue weighted by Gasteiger charge is 2.07. The molecule has 0 aliphatic heterocycles. The Labute approximate surface area is 97.4 Å². The Morgan fingerprint density at radius 1 is 1.44 bits per heavy atom.